The van der Waals surface area contributed by atoms with Crippen molar-refractivity contribution in [1.29, 1.82) is 5.26 Å². The van der Waals surface area contributed by atoms with Crippen molar-refractivity contribution in [3.8, 4) is 6.07 Å². The van der Waals surface area contributed by atoms with E-state index in [2.05, 4.69) is 16.1 Å². The second-order valence-electron chi connectivity index (χ2n) is 6.46. The minimum absolute atomic E-state index is 0.181. The zero-order valence-electron chi connectivity index (χ0n) is 15.0. The van der Waals surface area contributed by atoms with Gasteiger partial charge in [-0.15, -0.1) is 0 Å². The highest BCUT2D eigenvalue weighted by atomic mass is 32.2. The van der Waals surface area contributed by atoms with Crippen molar-refractivity contribution in [2.24, 2.45) is 0 Å². The molecule has 0 unspecified atom stereocenters. The van der Waals surface area contributed by atoms with Crippen LogP contribution in [-0.4, -0.2) is 49.0 Å². The second kappa shape index (κ2) is 7.58. The maximum absolute atomic E-state index is 13.0. The summed E-state index contributed by atoms with van der Waals surface area (Å²) in [5.41, 5.74) is 2.03. The van der Waals surface area contributed by atoms with Crippen LogP contribution in [0.1, 0.15) is 29.0 Å². The Morgan fingerprint density at radius 1 is 1.19 bits per heavy atom. The van der Waals surface area contributed by atoms with E-state index in [1.165, 1.54) is 4.31 Å². The van der Waals surface area contributed by atoms with E-state index in [9.17, 15) is 13.7 Å². The molecule has 2 heterocycles. The normalized spacial score (nSPS) is 17.0. The molecule has 0 N–H and O–H groups in total. The molecule has 0 aliphatic carbocycles. The van der Waals surface area contributed by atoms with Gasteiger partial charge in [0, 0.05) is 26.2 Å². The molecule has 1 aromatic carbocycles. The topological polar surface area (TPSA) is 90.4 Å². The number of benzene rings is 1. The molecule has 1 saturated heterocycles. The van der Waals surface area contributed by atoms with Gasteiger partial charge in [-0.1, -0.05) is 23.4 Å². The Kier molecular flexibility index (Phi) is 5.41. The first kappa shape index (κ1) is 18.6. The van der Waals surface area contributed by atoms with Crippen molar-refractivity contribution in [2.75, 3.05) is 26.2 Å². The van der Waals surface area contributed by atoms with Crippen LogP contribution in [0.5, 0.6) is 0 Å². The third-order valence-corrected chi connectivity index (χ3v) is 6.79. The van der Waals surface area contributed by atoms with Gasteiger partial charge >= 0.3 is 0 Å². The Morgan fingerprint density at radius 3 is 2.65 bits per heavy atom. The third kappa shape index (κ3) is 3.65. The fourth-order valence-corrected chi connectivity index (χ4v) is 5.09. The number of aryl methyl sites for hydroxylation is 2. The van der Waals surface area contributed by atoms with Gasteiger partial charge in [-0.2, -0.15) is 9.57 Å². The van der Waals surface area contributed by atoms with Gasteiger partial charge in [-0.05, 0) is 38.4 Å². The van der Waals surface area contributed by atoms with Gasteiger partial charge in [0.2, 0.25) is 10.0 Å². The Bertz CT molecular complexity index is 911. The molecule has 1 fully saturated rings. The number of aromatic nitrogens is 1. The van der Waals surface area contributed by atoms with Crippen molar-refractivity contribution in [3.63, 3.8) is 0 Å². The standard InChI is InChI=1S/C18H22N4O3S/c1-14-18(15(2)25-20-14)26(23,24)22-9-5-8-21(10-11-22)13-17-7-4-3-6-16(17)12-19/h3-4,6-7H,5,8-11,13H2,1-2H3. The van der Waals surface area contributed by atoms with Crippen LogP contribution >= 0.6 is 0 Å². The van der Waals surface area contributed by atoms with E-state index < -0.39 is 10.0 Å². The summed E-state index contributed by atoms with van der Waals surface area (Å²) in [5.74, 6) is 0.326. The van der Waals surface area contributed by atoms with Crippen molar-refractivity contribution < 1.29 is 12.9 Å². The summed E-state index contributed by atoms with van der Waals surface area (Å²) in [6.07, 6.45) is 0.733. The third-order valence-electron chi connectivity index (χ3n) is 4.64. The molecule has 0 bridgehead atoms. The zero-order chi connectivity index (χ0) is 18.7. The minimum atomic E-state index is -3.61. The summed E-state index contributed by atoms with van der Waals surface area (Å²) in [7, 11) is -3.61. The average Bonchev–Trinajstić information content (AvgIpc) is 2.82. The fraction of sp³-hybridized carbons (Fsp3) is 0.444. The van der Waals surface area contributed by atoms with Gasteiger partial charge in [-0.3, -0.25) is 4.90 Å². The monoisotopic (exact) mass is 374 g/mol. The first-order valence-corrected chi connectivity index (χ1v) is 10.0. The van der Waals surface area contributed by atoms with Crippen molar-refractivity contribution in [2.45, 2.75) is 31.7 Å². The number of rotatable bonds is 4. The van der Waals surface area contributed by atoms with Gasteiger partial charge in [-0.25, -0.2) is 8.42 Å². The second-order valence-corrected chi connectivity index (χ2v) is 8.33. The van der Waals surface area contributed by atoms with Crippen LogP contribution in [0.3, 0.4) is 0 Å². The highest BCUT2D eigenvalue weighted by Gasteiger charge is 2.32. The molecule has 1 aromatic heterocycles. The van der Waals surface area contributed by atoms with Crippen LogP contribution in [-0.2, 0) is 16.6 Å². The molecular formula is C18H22N4O3S. The molecule has 3 rings (SSSR count). The van der Waals surface area contributed by atoms with E-state index in [0.717, 1.165) is 18.5 Å². The summed E-state index contributed by atoms with van der Waals surface area (Å²) in [4.78, 5) is 2.37. The predicted molar refractivity (Wildman–Crippen MR) is 95.8 cm³/mol. The molecule has 0 saturated carbocycles. The summed E-state index contributed by atoms with van der Waals surface area (Å²) in [5, 5.41) is 13.0. The Morgan fingerprint density at radius 2 is 1.96 bits per heavy atom. The number of nitrogens with zero attached hydrogens (tertiary/aromatic N) is 4. The lowest BCUT2D eigenvalue weighted by atomic mass is 10.1. The van der Waals surface area contributed by atoms with Crippen LogP contribution < -0.4 is 0 Å². The van der Waals surface area contributed by atoms with Gasteiger partial charge in [0.1, 0.15) is 10.6 Å². The highest BCUT2D eigenvalue weighted by molar-refractivity contribution is 7.89. The molecule has 2 aromatic rings. The van der Waals surface area contributed by atoms with E-state index in [4.69, 9.17) is 4.52 Å². The Hall–Kier alpha value is -2.21. The smallest absolute Gasteiger partial charge is 0.248 e. The van der Waals surface area contributed by atoms with Crippen molar-refractivity contribution in [1.82, 2.24) is 14.4 Å². The molecular weight excluding hydrogens is 352 g/mol. The van der Waals surface area contributed by atoms with E-state index in [-0.39, 0.29) is 4.90 Å². The average molecular weight is 374 g/mol. The largest absolute Gasteiger partial charge is 0.360 e. The summed E-state index contributed by atoms with van der Waals surface area (Å²) in [6.45, 7) is 6.17. The Balaban J connectivity index is 1.74. The van der Waals surface area contributed by atoms with Gasteiger partial charge in [0.05, 0.1) is 11.6 Å². The van der Waals surface area contributed by atoms with Crippen LogP contribution in [0.4, 0.5) is 0 Å². The van der Waals surface area contributed by atoms with Crippen LogP contribution in [0, 0.1) is 25.2 Å². The summed E-state index contributed by atoms with van der Waals surface area (Å²) >= 11 is 0. The molecule has 1 aliphatic heterocycles. The summed E-state index contributed by atoms with van der Waals surface area (Å²) in [6, 6.07) is 9.74. The van der Waals surface area contributed by atoms with Crippen molar-refractivity contribution in [3.05, 3.63) is 46.8 Å². The number of nitriles is 1. The number of sulfonamides is 1. The predicted octanol–water partition coefficient (Wildman–Crippen LogP) is 2.06. The molecule has 0 atom stereocenters. The molecule has 1 aliphatic rings. The molecule has 0 radical (unpaired) electrons. The molecule has 138 valence electrons. The molecule has 26 heavy (non-hydrogen) atoms. The highest BCUT2D eigenvalue weighted by Crippen LogP contribution is 2.24. The molecule has 0 amide bonds. The van der Waals surface area contributed by atoms with Crippen LogP contribution in [0.2, 0.25) is 0 Å². The zero-order valence-corrected chi connectivity index (χ0v) is 15.8. The van der Waals surface area contributed by atoms with Gasteiger partial charge in [0.15, 0.2) is 5.76 Å². The van der Waals surface area contributed by atoms with Crippen LogP contribution in [0.15, 0.2) is 33.7 Å². The molecule has 7 nitrogen and oxygen atoms in total. The quantitative estimate of drug-likeness (QED) is 0.814. The fourth-order valence-electron chi connectivity index (χ4n) is 3.33. The SMILES string of the molecule is Cc1noc(C)c1S(=O)(=O)N1CCCN(Cc2ccccc2C#N)CC1. The summed E-state index contributed by atoms with van der Waals surface area (Å²) < 4.78 is 32.5. The lowest BCUT2D eigenvalue weighted by Gasteiger charge is -2.22. The lowest BCUT2D eigenvalue weighted by Crippen LogP contribution is -2.35. The first-order chi connectivity index (χ1) is 12.4. The van der Waals surface area contributed by atoms with Crippen LogP contribution in [0.25, 0.3) is 0 Å². The number of hydrogen-bond donors (Lipinski definition) is 0. The van der Waals surface area contributed by atoms with Crippen molar-refractivity contribution >= 4 is 10.0 Å². The molecule has 0 spiro atoms. The first-order valence-electron chi connectivity index (χ1n) is 8.57. The Labute approximate surface area is 153 Å². The van der Waals surface area contributed by atoms with Gasteiger partial charge < -0.3 is 4.52 Å². The van der Waals surface area contributed by atoms with E-state index in [1.807, 2.05) is 18.2 Å². The number of hydrogen-bond acceptors (Lipinski definition) is 6. The maximum Gasteiger partial charge on any atom is 0.248 e. The lowest BCUT2D eigenvalue weighted by molar-refractivity contribution is 0.278. The van der Waals surface area contributed by atoms with Gasteiger partial charge in [0.25, 0.3) is 0 Å². The van der Waals surface area contributed by atoms with E-state index in [1.54, 1.807) is 19.9 Å². The minimum Gasteiger partial charge on any atom is -0.360 e. The molecule has 8 heteroatoms. The van der Waals surface area contributed by atoms with E-state index in [0.29, 0.717) is 43.2 Å². The van der Waals surface area contributed by atoms with E-state index >= 15 is 0 Å². The maximum atomic E-state index is 13.0.